The monoisotopic (exact) mass is 877 g/mol. The van der Waals surface area contributed by atoms with Crippen molar-refractivity contribution in [3.8, 4) is 11.1 Å². The van der Waals surface area contributed by atoms with Crippen LogP contribution in [0, 0.1) is 0 Å². The van der Waals surface area contributed by atoms with Crippen LogP contribution in [0.5, 0.6) is 0 Å². The molecule has 14 rings (SSSR count). The molecule has 3 aromatic heterocycles. The minimum atomic E-state index is -0.177. The molecule has 0 saturated carbocycles. The lowest BCUT2D eigenvalue weighted by Gasteiger charge is -2.41. The van der Waals surface area contributed by atoms with Gasteiger partial charge >= 0.3 is 6.85 Å². The molecule has 0 saturated heterocycles. The molecular weight excluding hydrogens is 830 g/mol. The maximum absolute atomic E-state index is 7.03. The molecule has 0 N–H and O–H groups in total. The average Bonchev–Trinajstić information content (AvgIpc) is 4.03. The largest absolute Gasteiger partial charge is 0.456 e. The second-order valence-corrected chi connectivity index (χ2v) is 20.9. The Bertz CT molecular complexity index is 4030. The highest BCUT2D eigenvalue weighted by atomic mass is 16.3. The number of rotatable bonds is 4. The first-order valence-electron chi connectivity index (χ1n) is 23.9. The highest BCUT2D eigenvalue weighted by molar-refractivity contribution is 6.90. The molecule has 0 bridgehead atoms. The summed E-state index contributed by atoms with van der Waals surface area (Å²) in [5.41, 5.74) is 19.8. The fourth-order valence-corrected chi connectivity index (χ4v) is 11.6. The normalized spacial score (nSPS) is 13.4. The van der Waals surface area contributed by atoms with Gasteiger partial charge in [-0.3, -0.25) is 0 Å². The van der Waals surface area contributed by atoms with Crippen LogP contribution in [0.4, 0.5) is 34.1 Å². The lowest BCUT2D eigenvalue weighted by atomic mass is 9.45. The number of para-hydroxylation sites is 5. The van der Waals surface area contributed by atoms with E-state index >= 15 is 0 Å². The molecule has 68 heavy (non-hydrogen) atoms. The zero-order valence-electron chi connectivity index (χ0n) is 39.1. The molecule has 9 aromatic carbocycles. The Hall–Kier alpha value is -7.96. The van der Waals surface area contributed by atoms with Gasteiger partial charge < -0.3 is 23.1 Å². The average molecular weight is 878 g/mol. The fourth-order valence-electron chi connectivity index (χ4n) is 11.6. The van der Waals surface area contributed by atoms with Gasteiger partial charge in [-0.15, -0.1) is 0 Å². The molecule has 6 heteroatoms. The third kappa shape index (κ3) is 5.46. The van der Waals surface area contributed by atoms with Crippen LogP contribution in [0.25, 0.3) is 76.8 Å². The molecule has 2 aliphatic rings. The summed E-state index contributed by atoms with van der Waals surface area (Å²) < 4.78 is 16.7. The fraction of sp³-hybridized carbons (Fsp3) is 0.129. The zero-order chi connectivity index (χ0) is 45.8. The van der Waals surface area contributed by atoms with Crippen molar-refractivity contribution in [1.29, 1.82) is 0 Å². The quantitative estimate of drug-likeness (QED) is 0.165. The van der Waals surface area contributed by atoms with E-state index in [9.17, 15) is 0 Å². The number of benzene rings is 9. The topological polar surface area (TPSA) is 37.7 Å². The molecule has 5 nitrogen and oxygen atoms in total. The van der Waals surface area contributed by atoms with Gasteiger partial charge in [0.15, 0.2) is 5.58 Å². The Morgan fingerprint density at radius 2 is 1.10 bits per heavy atom. The highest BCUT2D eigenvalue weighted by Gasteiger charge is 2.45. The van der Waals surface area contributed by atoms with Gasteiger partial charge in [0, 0.05) is 66.3 Å². The molecule has 0 aliphatic carbocycles. The van der Waals surface area contributed by atoms with Crippen LogP contribution in [0.15, 0.2) is 191 Å². The summed E-state index contributed by atoms with van der Waals surface area (Å²) in [6.45, 7) is 13.8. The van der Waals surface area contributed by atoms with E-state index in [0.29, 0.717) is 0 Å². The van der Waals surface area contributed by atoms with Crippen LogP contribution < -0.4 is 20.7 Å². The van der Waals surface area contributed by atoms with Crippen LogP contribution in [0.1, 0.15) is 52.7 Å². The standard InChI is InChI=1S/C62H48BN3O2/c1-61(2,3)37-28-31-50-45(32-37)47-33-38(62(4,5)6)34-48-46-36-55-56(44-23-14-16-27-54(44)67-55)59-57(46)63(66(50)58(47)48)49-30-29-41(64(39-18-9-7-10-19-39)40-20-11-8-12-21-40)35-52(49)65(59)51-25-17-24-43-42-22-13-15-26-53(42)68-60(43)51/h7-36H,1-6H3. The maximum Gasteiger partial charge on any atom is 0.333 e. The van der Waals surface area contributed by atoms with Crippen LogP contribution in [0.3, 0.4) is 0 Å². The molecule has 2 aliphatic heterocycles. The summed E-state index contributed by atoms with van der Waals surface area (Å²) in [5.74, 6) is 0. The number of fused-ring (bicyclic) bond motifs is 14. The van der Waals surface area contributed by atoms with Gasteiger partial charge in [-0.1, -0.05) is 139 Å². The summed E-state index contributed by atoms with van der Waals surface area (Å²) in [6, 6.07) is 66.7. The van der Waals surface area contributed by atoms with E-state index in [2.05, 4.69) is 238 Å². The van der Waals surface area contributed by atoms with Gasteiger partial charge in [0.2, 0.25) is 0 Å². The van der Waals surface area contributed by atoms with E-state index in [1.54, 1.807) is 0 Å². The van der Waals surface area contributed by atoms with E-state index in [-0.39, 0.29) is 17.7 Å². The molecule has 0 fully saturated rings. The van der Waals surface area contributed by atoms with E-state index in [4.69, 9.17) is 8.83 Å². The summed E-state index contributed by atoms with van der Waals surface area (Å²) in [5, 5.41) is 6.93. The van der Waals surface area contributed by atoms with Crippen LogP contribution in [-0.4, -0.2) is 11.3 Å². The Morgan fingerprint density at radius 1 is 0.456 bits per heavy atom. The summed E-state index contributed by atoms with van der Waals surface area (Å²) in [7, 11) is 0. The van der Waals surface area contributed by atoms with Crippen molar-refractivity contribution in [3.63, 3.8) is 0 Å². The van der Waals surface area contributed by atoms with Gasteiger partial charge in [-0.05, 0) is 123 Å². The maximum atomic E-state index is 7.03. The van der Waals surface area contributed by atoms with E-state index < -0.39 is 0 Å². The molecular formula is C62H48BN3O2. The number of anilines is 6. The minimum absolute atomic E-state index is 0.0235. The lowest BCUT2D eigenvalue weighted by molar-refractivity contribution is 0.590. The zero-order valence-corrected chi connectivity index (χ0v) is 39.1. The van der Waals surface area contributed by atoms with Crippen molar-refractivity contribution in [3.05, 3.63) is 193 Å². The third-order valence-corrected chi connectivity index (χ3v) is 14.8. The predicted octanol–water partition coefficient (Wildman–Crippen LogP) is 16.1. The Balaban J connectivity index is 1.18. The van der Waals surface area contributed by atoms with Crippen molar-refractivity contribution >= 4 is 118 Å². The second-order valence-electron chi connectivity index (χ2n) is 20.9. The van der Waals surface area contributed by atoms with Gasteiger partial charge in [0.1, 0.15) is 16.7 Å². The summed E-state index contributed by atoms with van der Waals surface area (Å²) in [4.78, 5) is 4.90. The molecule has 5 heterocycles. The van der Waals surface area contributed by atoms with Crippen molar-refractivity contribution in [2.24, 2.45) is 0 Å². The summed E-state index contributed by atoms with van der Waals surface area (Å²) in [6.07, 6.45) is 0. The van der Waals surface area contributed by atoms with E-state index in [1.165, 1.54) is 55.0 Å². The predicted molar refractivity (Wildman–Crippen MR) is 287 cm³/mol. The minimum Gasteiger partial charge on any atom is -0.456 e. The van der Waals surface area contributed by atoms with Gasteiger partial charge in [0.25, 0.3) is 0 Å². The second kappa shape index (κ2) is 13.8. The number of nitrogens with zero attached hydrogens (tertiary/aromatic N) is 3. The first-order chi connectivity index (χ1) is 33.0. The van der Waals surface area contributed by atoms with E-state index in [0.717, 1.165) is 78.0 Å². The van der Waals surface area contributed by atoms with Crippen LogP contribution >= 0.6 is 0 Å². The number of furan rings is 2. The lowest BCUT2D eigenvalue weighted by Crippen LogP contribution is -2.56. The van der Waals surface area contributed by atoms with Gasteiger partial charge in [-0.25, -0.2) is 0 Å². The van der Waals surface area contributed by atoms with Crippen LogP contribution in [-0.2, 0) is 10.8 Å². The van der Waals surface area contributed by atoms with E-state index in [1.807, 2.05) is 0 Å². The molecule has 12 aromatic rings. The smallest absolute Gasteiger partial charge is 0.333 e. The SMILES string of the molecule is CC(C)(C)c1ccc2c(c1)c1cc(C(C)(C)C)cc3c1n2B1c2ccc(N(c4ccccc4)c4ccccc4)cc2N(c2cccc4c2oc2ccccc24)c2c1c-3cc1oc3ccccc3c21. The van der Waals surface area contributed by atoms with Crippen molar-refractivity contribution in [2.75, 3.05) is 9.80 Å². The molecule has 0 amide bonds. The molecule has 326 valence electrons. The Morgan fingerprint density at radius 3 is 1.82 bits per heavy atom. The first kappa shape index (κ1) is 39.2. The number of hydrogen-bond donors (Lipinski definition) is 0. The van der Waals surface area contributed by atoms with Gasteiger partial charge in [-0.2, -0.15) is 0 Å². The third-order valence-electron chi connectivity index (χ3n) is 14.8. The van der Waals surface area contributed by atoms with Crippen molar-refractivity contribution in [1.82, 2.24) is 4.48 Å². The van der Waals surface area contributed by atoms with Gasteiger partial charge in [0.05, 0.1) is 16.8 Å². The number of aromatic nitrogens is 1. The molecule has 0 unspecified atom stereocenters. The molecule has 0 spiro atoms. The number of hydrogen-bond acceptors (Lipinski definition) is 4. The highest BCUT2D eigenvalue weighted by Crippen LogP contribution is 2.53. The molecule has 0 atom stereocenters. The summed E-state index contributed by atoms with van der Waals surface area (Å²) >= 11 is 0. The van der Waals surface area contributed by atoms with Crippen LogP contribution in [0.2, 0.25) is 0 Å². The first-order valence-corrected chi connectivity index (χ1v) is 23.9. The Kier molecular flexibility index (Phi) is 7.96. The van der Waals surface area contributed by atoms with Crippen molar-refractivity contribution in [2.45, 2.75) is 52.4 Å². The van der Waals surface area contributed by atoms with Crippen molar-refractivity contribution < 1.29 is 8.83 Å². The molecule has 0 radical (unpaired) electrons. The Labute approximate surface area is 395 Å².